The summed E-state index contributed by atoms with van der Waals surface area (Å²) in [6.45, 7) is 4.65. The minimum Gasteiger partial charge on any atom is -0.350 e. The van der Waals surface area contributed by atoms with E-state index in [9.17, 15) is 9.59 Å². The second-order valence-electron chi connectivity index (χ2n) is 7.55. The highest BCUT2D eigenvalue weighted by Crippen LogP contribution is 2.13. The number of rotatable bonds is 8. The SMILES string of the molecule is Cc1ccc(CNC(=O)[C@H](C)N(Cc2ccccc2)C(=O)Cc2ccccc2)cc1. The Bertz CT molecular complexity index is 953. The molecule has 4 nitrogen and oxygen atoms in total. The molecule has 0 bridgehead atoms. The molecule has 4 heteroatoms. The number of nitrogens with one attached hydrogen (secondary N) is 1. The van der Waals surface area contributed by atoms with Crippen molar-refractivity contribution < 1.29 is 9.59 Å². The third-order valence-electron chi connectivity index (χ3n) is 5.15. The van der Waals surface area contributed by atoms with Crippen molar-refractivity contribution in [2.24, 2.45) is 0 Å². The predicted octanol–water partition coefficient (Wildman–Crippen LogP) is 4.27. The van der Waals surface area contributed by atoms with Crippen molar-refractivity contribution in [1.82, 2.24) is 10.2 Å². The van der Waals surface area contributed by atoms with E-state index in [1.54, 1.807) is 11.8 Å². The van der Waals surface area contributed by atoms with E-state index in [0.717, 1.165) is 16.7 Å². The standard InChI is InChI=1S/C26H28N2O2/c1-20-13-15-23(16-14-20)18-27-26(30)21(2)28(19-24-11-7-4-8-12-24)25(29)17-22-9-5-3-6-10-22/h3-16,21H,17-19H2,1-2H3,(H,27,30)/t21-/m0/s1. The average Bonchev–Trinajstić information content (AvgIpc) is 2.77. The average molecular weight is 401 g/mol. The maximum absolute atomic E-state index is 13.1. The first-order valence-corrected chi connectivity index (χ1v) is 10.2. The Balaban J connectivity index is 1.71. The first kappa shape index (κ1) is 21.3. The van der Waals surface area contributed by atoms with Gasteiger partial charge in [-0.15, -0.1) is 0 Å². The molecular weight excluding hydrogens is 372 g/mol. The van der Waals surface area contributed by atoms with E-state index >= 15 is 0 Å². The van der Waals surface area contributed by atoms with Gasteiger partial charge in [-0.25, -0.2) is 0 Å². The molecular formula is C26H28N2O2. The summed E-state index contributed by atoms with van der Waals surface area (Å²) in [5.41, 5.74) is 4.15. The van der Waals surface area contributed by atoms with Crippen LogP contribution in [0.25, 0.3) is 0 Å². The van der Waals surface area contributed by atoms with Crippen LogP contribution in [0.2, 0.25) is 0 Å². The minimum atomic E-state index is -0.577. The molecule has 0 aromatic heterocycles. The Hall–Kier alpha value is -3.40. The fraction of sp³-hybridized carbons (Fsp3) is 0.231. The Morgan fingerprint density at radius 3 is 1.97 bits per heavy atom. The molecule has 3 aromatic rings. The summed E-state index contributed by atoms with van der Waals surface area (Å²) in [6, 6.07) is 26.9. The maximum atomic E-state index is 13.1. The summed E-state index contributed by atoms with van der Waals surface area (Å²) >= 11 is 0. The topological polar surface area (TPSA) is 49.4 Å². The monoisotopic (exact) mass is 400 g/mol. The Morgan fingerprint density at radius 1 is 0.800 bits per heavy atom. The van der Waals surface area contributed by atoms with Crippen molar-refractivity contribution in [2.75, 3.05) is 0 Å². The van der Waals surface area contributed by atoms with Crippen LogP contribution in [0.4, 0.5) is 0 Å². The van der Waals surface area contributed by atoms with Crippen molar-refractivity contribution in [3.05, 3.63) is 107 Å². The zero-order chi connectivity index (χ0) is 21.3. The molecule has 30 heavy (non-hydrogen) atoms. The van der Waals surface area contributed by atoms with Gasteiger partial charge in [0.15, 0.2) is 0 Å². The summed E-state index contributed by atoms with van der Waals surface area (Å²) in [5.74, 6) is -0.226. The second-order valence-corrected chi connectivity index (χ2v) is 7.55. The maximum Gasteiger partial charge on any atom is 0.242 e. The molecule has 0 spiro atoms. The highest BCUT2D eigenvalue weighted by atomic mass is 16.2. The summed E-state index contributed by atoms with van der Waals surface area (Å²) < 4.78 is 0. The van der Waals surface area contributed by atoms with E-state index in [0.29, 0.717) is 13.1 Å². The van der Waals surface area contributed by atoms with Crippen molar-refractivity contribution in [2.45, 2.75) is 39.4 Å². The molecule has 2 amide bonds. The first-order valence-electron chi connectivity index (χ1n) is 10.2. The van der Waals surface area contributed by atoms with Crippen molar-refractivity contribution in [3.63, 3.8) is 0 Å². The highest BCUT2D eigenvalue weighted by Gasteiger charge is 2.26. The summed E-state index contributed by atoms with van der Waals surface area (Å²) in [7, 11) is 0. The van der Waals surface area contributed by atoms with Gasteiger partial charge in [0, 0.05) is 13.1 Å². The Kier molecular flexibility index (Phi) is 7.39. The van der Waals surface area contributed by atoms with E-state index < -0.39 is 6.04 Å². The third-order valence-corrected chi connectivity index (χ3v) is 5.15. The molecule has 3 aromatic carbocycles. The van der Waals surface area contributed by atoms with Crippen LogP contribution in [-0.4, -0.2) is 22.8 Å². The van der Waals surface area contributed by atoms with Crippen LogP contribution in [0.3, 0.4) is 0 Å². The van der Waals surface area contributed by atoms with Crippen LogP contribution in [0.1, 0.15) is 29.2 Å². The van der Waals surface area contributed by atoms with Gasteiger partial charge in [0.1, 0.15) is 6.04 Å². The normalized spacial score (nSPS) is 11.5. The number of hydrogen-bond donors (Lipinski definition) is 1. The largest absolute Gasteiger partial charge is 0.350 e. The van der Waals surface area contributed by atoms with Gasteiger partial charge >= 0.3 is 0 Å². The minimum absolute atomic E-state index is 0.0666. The number of hydrogen-bond acceptors (Lipinski definition) is 2. The van der Waals surface area contributed by atoms with E-state index in [1.807, 2.05) is 91.9 Å². The summed E-state index contributed by atoms with van der Waals surface area (Å²) in [5, 5.41) is 2.97. The van der Waals surface area contributed by atoms with E-state index in [1.165, 1.54) is 5.56 Å². The molecule has 3 rings (SSSR count). The number of aryl methyl sites for hydroxylation is 1. The number of amides is 2. The zero-order valence-electron chi connectivity index (χ0n) is 17.5. The van der Waals surface area contributed by atoms with Crippen LogP contribution in [-0.2, 0) is 29.1 Å². The van der Waals surface area contributed by atoms with Crippen molar-refractivity contribution in [3.8, 4) is 0 Å². The fourth-order valence-electron chi connectivity index (χ4n) is 3.28. The van der Waals surface area contributed by atoms with Crippen LogP contribution in [0.15, 0.2) is 84.9 Å². The molecule has 1 atom stereocenters. The molecule has 0 aliphatic heterocycles. The summed E-state index contributed by atoms with van der Waals surface area (Å²) in [4.78, 5) is 27.6. The molecule has 0 unspecified atom stereocenters. The lowest BCUT2D eigenvalue weighted by Gasteiger charge is -2.29. The lowest BCUT2D eigenvalue weighted by Crippen LogP contribution is -2.47. The van der Waals surface area contributed by atoms with Crippen LogP contribution in [0, 0.1) is 6.92 Å². The molecule has 0 heterocycles. The molecule has 0 aliphatic rings. The van der Waals surface area contributed by atoms with Gasteiger partial charge in [0.25, 0.3) is 0 Å². The molecule has 0 saturated carbocycles. The number of nitrogens with zero attached hydrogens (tertiary/aromatic N) is 1. The molecule has 0 saturated heterocycles. The van der Waals surface area contributed by atoms with E-state index in [2.05, 4.69) is 5.32 Å². The van der Waals surface area contributed by atoms with Gasteiger partial charge in [-0.3, -0.25) is 9.59 Å². The molecule has 1 N–H and O–H groups in total. The lowest BCUT2D eigenvalue weighted by atomic mass is 10.1. The fourth-order valence-corrected chi connectivity index (χ4v) is 3.28. The quantitative estimate of drug-likeness (QED) is 0.614. The van der Waals surface area contributed by atoms with E-state index in [4.69, 9.17) is 0 Å². The first-order chi connectivity index (χ1) is 14.5. The predicted molar refractivity (Wildman–Crippen MR) is 120 cm³/mol. The van der Waals surface area contributed by atoms with Crippen LogP contribution >= 0.6 is 0 Å². The number of benzene rings is 3. The Labute approximate surface area is 178 Å². The van der Waals surface area contributed by atoms with Crippen LogP contribution in [0.5, 0.6) is 0 Å². The third kappa shape index (κ3) is 6.05. The van der Waals surface area contributed by atoms with Gasteiger partial charge in [0.2, 0.25) is 11.8 Å². The Morgan fingerprint density at radius 2 is 1.37 bits per heavy atom. The molecule has 0 radical (unpaired) electrons. The van der Waals surface area contributed by atoms with Gasteiger partial charge in [-0.1, -0.05) is 90.5 Å². The van der Waals surface area contributed by atoms with Crippen LogP contribution < -0.4 is 5.32 Å². The van der Waals surface area contributed by atoms with Gasteiger partial charge < -0.3 is 10.2 Å². The molecule has 154 valence electrons. The lowest BCUT2D eigenvalue weighted by molar-refractivity contribution is -0.140. The smallest absolute Gasteiger partial charge is 0.242 e. The van der Waals surface area contributed by atoms with Gasteiger partial charge in [-0.05, 0) is 30.5 Å². The van der Waals surface area contributed by atoms with Crippen molar-refractivity contribution >= 4 is 11.8 Å². The number of carbonyl (C=O) groups excluding carboxylic acids is 2. The number of carbonyl (C=O) groups is 2. The highest BCUT2D eigenvalue weighted by molar-refractivity contribution is 5.88. The van der Waals surface area contributed by atoms with Gasteiger partial charge in [0.05, 0.1) is 6.42 Å². The van der Waals surface area contributed by atoms with Crippen molar-refractivity contribution in [1.29, 1.82) is 0 Å². The zero-order valence-corrected chi connectivity index (χ0v) is 17.5. The summed E-state index contributed by atoms with van der Waals surface area (Å²) in [6.07, 6.45) is 0.267. The molecule has 0 fully saturated rings. The van der Waals surface area contributed by atoms with E-state index in [-0.39, 0.29) is 18.2 Å². The second kappa shape index (κ2) is 10.4. The molecule has 0 aliphatic carbocycles. The van der Waals surface area contributed by atoms with Gasteiger partial charge in [-0.2, -0.15) is 0 Å².